The van der Waals surface area contributed by atoms with Crippen molar-refractivity contribution >= 4 is 21.7 Å². The fourth-order valence-electron chi connectivity index (χ4n) is 1.06. The summed E-state index contributed by atoms with van der Waals surface area (Å²) in [5.41, 5.74) is 0.759. The Labute approximate surface area is 85.3 Å². The van der Waals surface area contributed by atoms with Crippen molar-refractivity contribution in [3.63, 3.8) is 0 Å². The number of rotatable bonds is 3. The first-order chi connectivity index (χ1) is 6.29. The van der Waals surface area contributed by atoms with Crippen LogP contribution in [0.3, 0.4) is 0 Å². The average Bonchev–Trinajstić information content (AvgIpc) is 2.20. The highest BCUT2D eigenvalue weighted by molar-refractivity contribution is 9.09. The van der Waals surface area contributed by atoms with E-state index in [4.69, 9.17) is 5.26 Å². The highest BCUT2D eigenvalue weighted by atomic mass is 79.9. The molecule has 0 N–H and O–H groups in total. The molecule has 0 heterocycles. The summed E-state index contributed by atoms with van der Waals surface area (Å²) in [6.45, 7) is 0. The predicted octanol–water partition coefficient (Wildman–Crippen LogP) is 2.26. The highest BCUT2D eigenvalue weighted by Gasteiger charge is 2.17. The molecule has 0 aliphatic carbocycles. The van der Waals surface area contributed by atoms with Crippen molar-refractivity contribution in [1.29, 1.82) is 5.26 Å². The monoisotopic (exact) mass is 237 g/mol. The minimum atomic E-state index is -0.638. The van der Waals surface area contributed by atoms with Gasteiger partial charge in [0.25, 0.3) is 0 Å². The van der Waals surface area contributed by atoms with Gasteiger partial charge in [-0.3, -0.25) is 4.79 Å². The van der Waals surface area contributed by atoms with Gasteiger partial charge >= 0.3 is 0 Å². The van der Waals surface area contributed by atoms with Gasteiger partial charge in [-0.15, -0.1) is 0 Å². The zero-order valence-electron chi connectivity index (χ0n) is 6.90. The Morgan fingerprint density at radius 3 is 2.54 bits per heavy atom. The lowest BCUT2D eigenvalue weighted by Crippen LogP contribution is -2.11. The number of halogens is 1. The van der Waals surface area contributed by atoms with E-state index in [1.165, 1.54) is 0 Å². The normalized spacial score (nSPS) is 11.7. The molecule has 0 radical (unpaired) electrons. The third-order valence-corrected chi connectivity index (χ3v) is 2.27. The number of carbonyl (C=O) groups excluding carboxylic acids is 1. The molecule has 13 heavy (non-hydrogen) atoms. The van der Waals surface area contributed by atoms with Crippen molar-refractivity contribution in [2.24, 2.45) is 0 Å². The Morgan fingerprint density at radius 1 is 1.46 bits per heavy atom. The van der Waals surface area contributed by atoms with E-state index in [9.17, 15) is 4.79 Å². The number of nitriles is 1. The smallest absolute Gasteiger partial charge is 0.164 e. The number of Topliss-reactive ketones (excluding diaryl/α,β-unsaturated/α-hetero) is 1. The lowest BCUT2D eigenvalue weighted by Gasteiger charge is -2.04. The number of nitrogens with zero attached hydrogens (tertiary/aromatic N) is 1. The third kappa shape index (κ3) is 2.40. The van der Waals surface area contributed by atoms with Gasteiger partial charge in [-0.2, -0.15) is 5.26 Å². The topological polar surface area (TPSA) is 40.9 Å². The molecule has 0 aliphatic rings. The van der Waals surface area contributed by atoms with E-state index in [2.05, 4.69) is 15.9 Å². The second kappa shape index (κ2) is 4.78. The molecule has 0 aliphatic heterocycles. The van der Waals surface area contributed by atoms with Crippen LogP contribution >= 0.6 is 15.9 Å². The molecule has 0 saturated heterocycles. The van der Waals surface area contributed by atoms with Gasteiger partial charge in [-0.25, -0.2) is 0 Å². The molecule has 66 valence electrons. The van der Waals surface area contributed by atoms with E-state index in [1.54, 1.807) is 12.1 Å². The zero-order chi connectivity index (χ0) is 9.68. The minimum absolute atomic E-state index is 0.103. The van der Waals surface area contributed by atoms with Gasteiger partial charge in [0.05, 0.1) is 11.4 Å². The first-order valence-electron chi connectivity index (χ1n) is 3.83. The van der Waals surface area contributed by atoms with Crippen LogP contribution in [0.1, 0.15) is 11.5 Å². The van der Waals surface area contributed by atoms with E-state index in [0.717, 1.165) is 5.56 Å². The van der Waals surface area contributed by atoms with E-state index in [0.29, 0.717) is 0 Å². The molecule has 1 atom stereocenters. The van der Waals surface area contributed by atoms with Crippen molar-refractivity contribution in [2.75, 3.05) is 5.33 Å². The first kappa shape index (κ1) is 9.94. The van der Waals surface area contributed by atoms with Crippen molar-refractivity contribution in [3.8, 4) is 6.07 Å². The Bertz CT molecular complexity index is 329. The molecule has 0 fully saturated rings. The first-order valence-corrected chi connectivity index (χ1v) is 4.95. The predicted molar refractivity (Wildman–Crippen MR) is 53.6 cm³/mol. The molecular weight excluding hydrogens is 230 g/mol. The molecule has 1 aromatic carbocycles. The second-order valence-electron chi connectivity index (χ2n) is 2.57. The summed E-state index contributed by atoms with van der Waals surface area (Å²) in [6, 6.07) is 11.1. The number of hydrogen-bond donors (Lipinski definition) is 0. The Hall–Kier alpha value is -1.14. The Kier molecular flexibility index (Phi) is 3.66. The summed E-state index contributed by atoms with van der Waals surface area (Å²) in [4.78, 5) is 11.3. The quantitative estimate of drug-likeness (QED) is 0.758. The van der Waals surface area contributed by atoms with Gasteiger partial charge in [0, 0.05) is 0 Å². The fourth-order valence-corrected chi connectivity index (χ4v) is 1.38. The van der Waals surface area contributed by atoms with Crippen LogP contribution in [0.15, 0.2) is 30.3 Å². The van der Waals surface area contributed by atoms with Crippen LogP contribution in [0.4, 0.5) is 0 Å². The Morgan fingerprint density at radius 2 is 2.08 bits per heavy atom. The van der Waals surface area contributed by atoms with Crippen LogP contribution in [0.25, 0.3) is 0 Å². The van der Waals surface area contributed by atoms with Gasteiger partial charge < -0.3 is 0 Å². The maximum Gasteiger partial charge on any atom is 0.164 e. The van der Waals surface area contributed by atoms with E-state index in [-0.39, 0.29) is 11.1 Å². The zero-order valence-corrected chi connectivity index (χ0v) is 8.49. The summed E-state index contributed by atoms with van der Waals surface area (Å²) in [7, 11) is 0. The van der Waals surface area contributed by atoms with Gasteiger partial charge in [0.15, 0.2) is 5.78 Å². The number of carbonyl (C=O) groups is 1. The van der Waals surface area contributed by atoms with E-state index < -0.39 is 5.92 Å². The van der Waals surface area contributed by atoms with Crippen LogP contribution in [-0.2, 0) is 4.79 Å². The van der Waals surface area contributed by atoms with Gasteiger partial charge in [-0.1, -0.05) is 46.3 Å². The SMILES string of the molecule is N#C[C@H](C(=O)CBr)c1ccccc1. The highest BCUT2D eigenvalue weighted by Crippen LogP contribution is 2.16. The lowest BCUT2D eigenvalue weighted by atomic mass is 9.97. The van der Waals surface area contributed by atoms with Crippen LogP contribution < -0.4 is 0 Å². The number of alkyl halides is 1. The van der Waals surface area contributed by atoms with E-state index in [1.807, 2.05) is 24.3 Å². The van der Waals surface area contributed by atoms with Crippen molar-refractivity contribution in [1.82, 2.24) is 0 Å². The number of ketones is 1. The molecule has 0 aromatic heterocycles. The van der Waals surface area contributed by atoms with Crippen LogP contribution in [0.5, 0.6) is 0 Å². The van der Waals surface area contributed by atoms with Crippen LogP contribution in [-0.4, -0.2) is 11.1 Å². The van der Waals surface area contributed by atoms with Crippen molar-refractivity contribution in [2.45, 2.75) is 5.92 Å². The van der Waals surface area contributed by atoms with Gasteiger partial charge in [0.1, 0.15) is 5.92 Å². The summed E-state index contributed by atoms with van der Waals surface area (Å²) in [5, 5.41) is 9.01. The maximum absolute atomic E-state index is 11.3. The maximum atomic E-state index is 11.3. The molecule has 0 unspecified atom stereocenters. The molecule has 1 rings (SSSR count). The standard InChI is InChI=1S/C10H8BrNO/c11-6-10(13)9(7-12)8-4-2-1-3-5-8/h1-5,9H,6H2/t9-/m0/s1. The molecule has 0 bridgehead atoms. The third-order valence-electron chi connectivity index (χ3n) is 1.72. The lowest BCUT2D eigenvalue weighted by molar-refractivity contribution is -0.116. The largest absolute Gasteiger partial charge is 0.297 e. The van der Waals surface area contributed by atoms with Crippen molar-refractivity contribution in [3.05, 3.63) is 35.9 Å². The molecular formula is C10H8BrNO. The fraction of sp³-hybridized carbons (Fsp3) is 0.200. The molecule has 2 nitrogen and oxygen atoms in total. The number of benzene rings is 1. The molecule has 0 spiro atoms. The molecule has 0 amide bonds. The second-order valence-corrected chi connectivity index (χ2v) is 3.13. The molecule has 1 aromatic rings. The minimum Gasteiger partial charge on any atom is -0.297 e. The molecule has 3 heteroatoms. The summed E-state index contributed by atoms with van der Waals surface area (Å²) in [6.07, 6.45) is 0. The number of hydrogen-bond acceptors (Lipinski definition) is 2. The molecule has 0 saturated carbocycles. The van der Waals surface area contributed by atoms with E-state index >= 15 is 0 Å². The van der Waals surface area contributed by atoms with Gasteiger partial charge in [0.2, 0.25) is 0 Å². The summed E-state index contributed by atoms with van der Waals surface area (Å²) < 4.78 is 0. The van der Waals surface area contributed by atoms with Gasteiger partial charge in [-0.05, 0) is 5.56 Å². The average molecular weight is 238 g/mol. The summed E-state index contributed by atoms with van der Waals surface area (Å²) in [5.74, 6) is -0.741. The van der Waals surface area contributed by atoms with Crippen LogP contribution in [0.2, 0.25) is 0 Å². The Balaban J connectivity index is 2.93. The van der Waals surface area contributed by atoms with Crippen LogP contribution in [0, 0.1) is 11.3 Å². The summed E-state index contributed by atoms with van der Waals surface area (Å²) >= 11 is 3.05. The van der Waals surface area contributed by atoms with Crippen molar-refractivity contribution < 1.29 is 4.79 Å².